The molecule has 1 aliphatic heterocycles. The Bertz CT molecular complexity index is 380. The SMILES string of the molecule is Cc1ccc(C(N)C2(C)CCCS2)c(C)c1. The summed E-state index contributed by atoms with van der Waals surface area (Å²) in [6, 6.07) is 6.78. The monoisotopic (exact) mass is 235 g/mol. The van der Waals surface area contributed by atoms with Gasteiger partial charge < -0.3 is 5.73 Å². The summed E-state index contributed by atoms with van der Waals surface area (Å²) in [5.74, 6) is 1.26. The van der Waals surface area contributed by atoms with Gasteiger partial charge in [0, 0.05) is 10.8 Å². The largest absolute Gasteiger partial charge is 0.323 e. The molecule has 2 N–H and O–H groups in total. The number of aryl methyl sites for hydroxylation is 2. The summed E-state index contributed by atoms with van der Waals surface area (Å²) < 4.78 is 0.236. The molecule has 1 fully saturated rings. The van der Waals surface area contributed by atoms with Crippen LogP contribution in [0.15, 0.2) is 18.2 Å². The maximum absolute atomic E-state index is 6.46. The average Bonchev–Trinajstić information content (AvgIpc) is 2.66. The molecule has 0 radical (unpaired) electrons. The first kappa shape index (κ1) is 12.0. The molecule has 1 aromatic rings. The first-order valence-electron chi connectivity index (χ1n) is 6.00. The van der Waals surface area contributed by atoms with Crippen LogP contribution in [0, 0.1) is 13.8 Å². The molecule has 1 aromatic carbocycles. The van der Waals surface area contributed by atoms with E-state index in [2.05, 4.69) is 39.0 Å². The van der Waals surface area contributed by atoms with Crippen LogP contribution in [0.3, 0.4) is 0 Å². The number of benzene rings is 1. The van der Waals surface area contributed by atoms with Gasteiger partial charge in [-0.1, -0.05) is 23.8 Å². The average molecular weight is 235 g/mol. The van der Waals surface area contributed by atoms with Crippen molar-refractivity contribution in [3.63, 3.8) is 0 Å². The molecule has 0 aromatic heterocycles. The molecule has 1 nitrogen and oxygen atoms in total. The topological polar surface area (TPSA) is 26.0 Å². The van der Waals surface area contributed by atoms with Crippen molar-refractivity contribution in [1.29, 1.82) is 0 Å². The fraction of sp³-hybridized carbons (Fsp3) is 0.571. The number of hydrogen-bond acceptors (Lipinski definition) is 2. The van der Waals surface area contributed by atoms with Gasteiger partial charge in [0.25, 0.3) is 0 Å². The molecule has 0 saturated carbocycles. The Morgan fingerprint density at radius 2 is 2.12 bits per heavy atom. The molecule has 1 saturated heterocycles. The molecule has 88 valence electrons. The molecule has 2 unspecified atom stereocenters. The Morgan fingerprint density at radius 3 is 2.69 bits per heavy atom. The molecule has 16 heavy (non-hydrogen) atoms. The van der Waals surface area contributed by atoms with Crippen molar-refractivity contribution >= 4 is 11.8 Å². The smallest absolute Gasteiger partial charge is 0.0444 e. The lowest BCUT2D eigenvalue weighted by atomic mass is 9.88. The van der Waals surface area contributed by atoms with Crippen molar-refractivity contribution < 1.29 is 0 Å². The van der Waals surface area contributed by atoms with Crippen molar-refractivity contribution in [1.82, 2.24) is 0 Å². The van der Waals surface area contributed by atoms with Crippen LogP contribution >= 0.6 is 11.8 Å². The van der Waals surface area contributed by atoms with Gasteiger partial charge in [0.1, 0.15) is 0 Å². The quantitative estimate of drug-likeness (QED) is 0.847. The zero-order valence-corrected chi connectivity index (χ0v) is 11.2. The Morgan fingerprint density at radius 1 is 1.38 bits per heavy atom. The number of nitrogens with two attached hydrogens (primary N) is 1. The van der Waals surface area contributed by atoms with Crippen molar-refractivity contribution in [3.8, 4) is 0 Å². The summed E-state index contributed by atoms with van der Waals surface area (Å²) in [5.41, 5.74) is 10.4. The van der Waals surface area contributed by atoms with E-state index in [4.69, 9.17) is 5.73 Å². The highest BCUT2D eigenvalue weighted by molar-refractivity contribution is 8.00. The highest BCUT2D eigenvalue weighted by Crippen LogP contribution is 2.45. The molecule has 0 aliphatic carbocycles. The summed E-state index contributed by atoms with van der Waals surface area (Å²) in [6.45, 7) is 6.62. The second-order valence-electron chi connectivity index (χ2n) is 5.10. The van der Waals surface area contributed by atoms with Crippen LogP contribution in [-0.2, 0) is 0 Å². The lowest BCUT2D eigenvalue weighted by molar-refractivity contribution is 0.500. The van der Waals surface area contributed by atoms with Crippen molar-refractivity contribution in [2.45, 2.75) is 44.4 Å². The van der Waals surface area contributed by atoms with Crippen LogP contribution in [0.1, 0.15) is 42.5 Å². The molecule has 2 heteroatoms. The molecule has 1 heterocycles. The van der Waals surface area contributed by atoms with Crippen LogP contribution in [0.2, 0.25) is 0 Å². The lowest BCUT2D eigenvalue weighted by Gasteiger charge is -2.31. The Labute approximate surface area is 103 Å². The highest BCUT2D eigenvalue weighted by atomic mass is 32.2. The van der Waals surface area contributed by atoms with Gasteiger partial charge in [-0.15, -0.1) is 0 Å². The van der Waals surface area contributed by atoms with Gasteiger partial charge >= 0.3 is 0 Å². The molecule has 2 rings (SSSR count). The van der Waals surface area contributed by atoms with E-state index in [0.29, 0.717) is 0 Å². The van der Waals surface area contributed by atoms with Gasteiger partial charge in [-0.3, -0.25) is 0 Å². The fourth-order valence-corrected chi connectivity index (χ4v) is 3.90. The lowest BCUT2D eigenvalue weighted by Crippen LogP contribution is -2.33. The van der Waals surface area contributed by atoms with Gasteiger partial charge in [-0.2, -0.15) is 11.8 Å². The van der Waals surface area contributed by atoms with Crippen LogP contribution in [0.5, 0.6) is 0 Å². The minimum atomic E-state index is 0.167. The minimum Gasteiger partial charge on any atom is -0.323 e. The van der Waals surface area contributed by atoms with Crippen molar-refractivity contribution in [2.24, 2.45) is 5.73 Å². The van der Waals surface area contributed by atoms with E-state index >= 15 is 0 Å². The number of thioether (sulfide) groups is 1. The van der Waals surface area contributed by atoms with E-state index in [9.17, 15) is 0 Å². The first-order valence-corrected chi connectivity index (χ1v) is 6.98. The van der Waals surface area contributed by atoms with Gasteiger partial charge in [-0.25, -0.2) is 0 Å². The normalized spacial score (nSPS) is 27.0. The standard InChI is InChI=1S/C14H21NS/c1-10-5-6-12(11(2)9-10)13(15)14(3)7-4-8-16-14/h5-6,9,13H,4,7-8,15H2,1-3H3. The Kier molecular flexibility index (Phi) is 3.32. The zero-order valence-electron chi connectivity index (χ0n) is 10.4. The van der Waals surface area contributed by atoms with E-state index in [1.807, 2.05) is 11.8 Å². The van der Waals surface area contributed by atoms with Crippen LogP contribution in [-0.4, -0.2) is 10.5 Å². The second kappa shape index (κ2) is 4.42. The maximum Gasteiger partial charge on any atom is 0.0444 e. The zero-order chi connectivity index (χ0) is 11.8. The molecule has 1 aliphatic rings. The summed E-state index contributed by atoms with van der Waals surface area (Å²) >= 11 is 2.04. The van der Waals surface area contributed by atoms with E-state index in [1.54, 1.807) is 0 Å². The predicted octanol–water partition coefficient (Wildman–Crippen LogP) is 3.59. The van der Waals surface area contributed by atoms with Gasteiger partial charge in [0.2, 0.25) is 0 Å². The third kappa shape index (κ3) is 2.14. The third-order valence-corrected chi connectivity index (χ3v) is 5.28. The van der Waals surface area contributed by atoms with E-state index in [0.717, 1.165) is 0 Å². The molecule has 0 bridgehead atoms. The van der Waals surface area contributed by atoms with Crippen molar-refractivity contribution in [3.05, 3.63) is 34.9 Å². The van der Waals surface area contributed by atoms with Gasteiger partial charge in [0.15, 0.2) is 0 Å². The summed E-state index contributed by atoms with van der Waals surface area (Å²) in [6.07, 6.45) is 2.55. The Balaban J connectivity index is 2.29. The van der Waals surface area contributed by atoms with E-state index in [1.165, 1.54) is 35.3 Å². The van der Waals surface area contributed by atoms with Crippen LogP contribution in [0.4, 0.5) is 0 Å². The molecular weight excluding hydrogens is 214 g/mol. The summed E-state index contributed by atoms with van der Waals surface area (Å²) in [4.78, 5) is 0. The molecular formula is C14H21NS. The summed E-state index contributed by atoms with van der Waals surface area (Å²) in [7, 11) is 0. The fourth-order valence-electron chi connectivity index (χ4n) is 2.55. The van der Waals surface area contributed by atoms with Crippen LogP contribution < -0.4 is 5.73 Å². The number of rotatable bonds is 2. The number of hydrogen-bond donors (Lipinski definition) is 1. The first-order chi connectivity index (χ1) is 7.53. The van der Waals surface area contributed by atoms with Crippen molar-refractivity contribution in [2.75, 3.05) is 5.75 Å². The molecule has 0 amide bonds. The Hall–Kier alpha value is -0.470. The second-order valence-corrected chi connectivity index (χ2v) is 6.73. The summed E-state index contributed by atoms with van der Waals surface area (Å²) in [5, 5.41) is 0. The van der Waals surface area contributed by atoms with E-state index < -0.39 is 0 Å². The highest BCUT2D eigenvalue weighted by Gasteiger charge is 2.36. The van der Waals surface area contributed by atoms with Gasteiger partial charge in [-0.05, 0) is 50.5 Å². The third-order valence-electron chi connectivity index (χ3n) is 3.67. The molecule has 0 spiro atoms. The minimum absolute atomic E-state index is 0.167. The van der Waals surface area contributed by atoms with Crippen LogP contribution in [0.25, 0.3) is 0 Å². The molecule has 2 atom stereocenters. The van der Waals surface area contributed by atoms with E-state index in [-0.39, 0.29) is 10.8 Å². The van der Waals surface area contributed by atoms with Gasteiger partial charge in [0.05, 0.1) is 0 Å². The maximum atomic E-state index is 6.46. The predicted molar refractivity (Wildman–Crippen MR) is 72.9 cm³/mol.